The molecular weight excluding hydrogens is 1510 g/mol. The number of benzene rings is 5. The summed E-state index contributed by atoms with van der Waals surface area (Å²) in [4.78, 5) is 81.9. The number of halogens is 7. The Labute approximate surface area is 646 Å². The Bertz CT molecular complexity index is 4540. The summed E-state index contributed by atoms with van der Waals surface area (Å²) in [7, 11) is -11.2. The number of carbonyl (C=O) groups excluding carboxylic acids is 5. The van der Waals surface area contributed by atoms with Crippen molar-refractivity contribution in [1.82, 2.24) is 39.9 Å². The van der Waals surface area contributed by atoms with Gasteiger partial charge in [0.15, 0.2) is 0 Å². The summed E-state index contributed by atoms with van der Waals surface area (Å²) in [5.74, 6) is -5.45. The normalized spacial score (nSPS) is 20.2. The molecule has 588 valence electrons. The van der Waals surface area contributed by atoms with Crippen molar-refractivity contribution in [2.75, 3.05) is 88.0 Å². The van der Waals surface area contributed by atoms with Gasteiger partial charge in [-0.3, -0.25) is 33.8 Å². The van der Waals surface area contributed by atoms with Crippen molar-refractivity contribution in [3.63, 3.8) is 0 Å². The highest BCUT2D eigenvalue weighted by Crippen LogP contribution is 2.69. The zero-order valence-electron chi connectivity index (χ0n) is 61.5. The first-order valence-corrected chi connectivity index (χ1v) is 42.0. The number of β-amino-alcohol motifs (C(OH)–C–C–N with tert-alkyl or cyclic N) is 1. The van der Waals surface area contributed by atoms with Gasteiger partial charge in [0.1, 0.15) is 22.8 Å². The summed E-state index contributed by atoms with van der Waals surface area (Å²) in [6, 6.07) is 26.5. The second-order valence-corrected chi connectivity index (χ2v) is 36.1. The van der Waals surface area contributed by atoms with E-state index in [1.807, 2.05) is 98.8 Å². The van der Waals surface area contributed by atoms with Gasteiger partial charge in [0.25, 0.3) is 31.7 Å². The van der Waals surface area contributed by atoms with E-state index < -0.39 is 111 Å². The minimum Gasteiger partial charge on any atom is -0.391 e. The van der Waals surface area contributed by atoms with Crippen molar-refractivity contribution in [2.45, 2.75) is 168 Å². The topological polar surface area (TPSA) is 251 Å². The Morgan fingerprint density at radius 3 is 2.11 bits per heavy atom. The molecule has 11 rings (SSSR count). The van der Waals surface area contributed by atoms with Crippen molar-refractivity contribution >= 4 is 101 Å². The first-order valence-electron chi connectivity index (χ1n) is 36.8. The number of unbranched alkanes of at least 4 members (excludes halogenated alkanes) is 3. The third-order valence-electron chi connectivity index (χ3n) is 21.3. The fourth-order valence-electron chi connectivity index (χ4n) is 14.8. The van der Waals surface area contributed by atoms with Crippen molar-refractivity contribution in [3.8, 4) is 10.4 Å². The SMILES string of the molecule is Cc1ncsc1-c1ccc([C@H](C)NC(=O)[C@@H]2C[C@@H](O)CN2C(=O)[C@@H](NC(=O)CCCCCCC(=O)N2CCN(CC[C@H](CSc3ccccc3)Nc3ccc(S(=O)(=O)NC(=O)c4ccc(N5CCN(CC6=C(c7ccc(Cl)cc7F)CCC7(C6)CC7(F)F)CC5)cc4)cc3S(=O)(=O)C(F)(F)F)CC2)C(C)(C)C)cc1. The van der Waals surface area contributed by atoms with Gasteiger partial charge in [0, 0.05) is 142 Å². The van der Waals surface area contributed by atoms with E-state index in [-0.39, 0.29) is 79.6 Å². The molecule has 3 saturated heterocycles. The fraction of sp³-hybridized carbons (Fsp3) is 0.487. The number of sulfonamides is 1. The number of nitrogens with zero attached hydrogens (tertiary/aromatic N) is 6. The second-order valence-electron chi connectivity index (χ2n) is 30.2. The molecule has 4 heterocycles. The number of aryl methyl sites for hydroxylation is 1. The molecule has 1 saturated carbocycles. The average molecular weight is 1610 g/mol. The number of nitrogens with one attached hydrogen (secondary N) is 4. The number of thioether (sulfide) groups is 1. The Morgan fingerprint density at radius 1 is 0.807 bits per heavy atom. The van der Waals surface area contributed by atoms with Gasteiger partial charge in [-0.05, 0) is 141 Å². The lowest BCUT2D eigenvalue weighted by Crippen LogP contribution is -2.57. The van der Waals surface area contributed by atoms with E-state index in [0.717, 1.165) is 44.3 Å². The molecule has 1 aromatic heterocycles. The number of aromatic nitrogens is 1. The lowest BCUT2D eigenvalue weighted by molar-refractivity contribution is -0.144. The molecule has 31 heteroatoms. The molecule has 5 aliphatic rings. The molecule has 5 aromatic carbocycles. The number of aliphatic hydroxyl groups is 1. The van der Waals surface area contributed by atoms with E-state index in [1.165, 1.54) is 34.9 Å². The van der Waals surface area contributed by atoms with Crippen LogP contribution in [0.4, 0.5) is 37.7 Å². The molecule has 0 bridgehead atoms. The molecule has 2 aliphatic carbocycles. The molecule has 1 spiro atoms. The summed E-state index contributed by atoms with van der Waals surface area (Å²) in [6.07, 6.45) is 2.67. The Hall–Kier alpha value is -7.58. The molecule has 0 radical (unpaired) electrons. The third-order valence-corrected chi connectivity index (χ3v) is 26.6. The van der Waals surface area contributed by atoms with Crippen molar-refractivity contribution in [1.29, 1.82) is 0 Å². The van der Waals surface area contributed by atoms with Gasteiger partial charge in [0.05, 0.1) is 38.8 Å². The van der Waals surface area contributed by atoms with Gasteiger partial charge in [-0.1, -0.05) is 99.3 Å². The standard InChI is InChI=1S/C78H93ClF6N10O10S4/c1-50(52-17-19-53(20-18-52)70-51(2)86-49-107-70)87-73(100)66-42-59(96)46-95(66)74(101)71(75(3,4)5)89-68(97)15-11-6-7-12-16-69(98)94-39-33-91(34-40-94)32-30-57(47-106-60-13-9-8-10-14-60)88-65-28-26-61(43-67(65)108(102,103)78(83,84)85)109(104,105)90-72(99)54-21-24-58(25-22-54)93-37-35-92(36-38-93)45-55-44-76(48-77(76,81)82)31-29-62(55)63-27-23-56(79)41-64(63)80/h8-10,13-14,17-28,41,43,49-50,57,59,66,71,88,96H,6-7,11-12,15-16,29-40,42,44-48H2,1-5H3,(H,87,100)(H,89,97)(H,90,99)/t50-,57+,59+,66-,71+,76?/m0/s1. The van der Waals surface area contributed by atoms with Crippen molar-refractivity contribution in [2.24, 2.45) is 10.8 Å². The number of carbonyl (C=O) groups is 5. The molecule has 5 amide bonds. The molecule has 3 aliphatic heterocycles. The van der Waals surface area contributed by atoms with Crippen LogP contribution in [-0.2, 0) is 39.0 Å². The Balaban J connectivity index is 0.637. The quantitative estimate of drug-likeness (QED) is 0.0166. The zero-order chi connectivity index (χ0) is 78.4. The van der Waals surface area contributed by atoms with Gasteiger partial charge in [-0.2, -0.15) is 13.2 Å². The van der Waals surface area contributed by atoms with Gasteiger partial charge >= 0.3 is 5.51 Å². The number of likely N-dealkylation sites (tertiary alicyclic amines) is 1. The molecular formula is C78H93ClF6N10O10S4. The maximum Gasteiger partial charge on any atom is 0.501 e. The number of hydrogen-bond donors (Lipinski definition) is 5. The summed E-state index contributed by atoms with van der Waals surface area (Å²) in [5, 5.41) is 19.9. The van der Waals surface area contributed by atoms with Crippen LogP contribution in [0.2, 0.25) is 5.02 Å². The molecule has 109 heavy (non-hydrogen) atoms. The summed E-state index contributed by atoms with van der Waals surface area (Å²) in [6.45, 7) is 13.7. The van der Waals surface area contributed by atoms with Crippen LogP contribution < -0.4 is 25.6 Å². The molecule has 4 fully saturated rings. The number of amides is 5. The van der Waals surface area contributed by atoms with Gasteiger partial charge in [-0.25, -0.2) is 39.7 Å². The van der Waals surface area contributed by atoms with Gasteiger partial charge in [-0.15, -0.1) is 23.1 Å². The van der Waals surface area contributed by atoms with Crippen LogP contribution in [0.5, 0.6) is 0 Å². The van der Waals surface area contributed by atoms with Crippen LogP contribution in [0.15, 0.2) is 141 Å². The predicted molar refractivity (Wildman–Crippen MR) is 410 cm³/mol. The van der Waals surface area contributed by atoms with E-state index in [0.29, 0.717) is 120 Å². The highest BCUT2D eigenvalue weighted by atomic mass is 35.5. The highest BCUT2D eigenvalue weighted by Gasteiger charge is 2.71. The first kappa shape index (κ1) is 82.4. The van der Waals surface area contributed by atoms with E-state index >= 15 is 4.39 Å². The van der Waals surface area contributed by atoms with Crippen LogP contribution in [0.25, 0.3) is 16.0 Å². The smallest absolute Gasteiger partial charge is 0.391 e. The number of thiazole rings is 1. The molecule has 1 unspecified atom stereocenters. The summed E-state index contributed by atoms with van der Waals surface area (Å²) >= 11 is 8.96. The molecule has 5 N–H and O–H groups in total. The van der Waals surface area contributed by atoms with E-state index in [1.54, 1.807) is 46.0 Å². The Morgan fingerprint density at radius 2 is 1.48 bits per heavy atom. The molecule has 6 atom stereocenters. The fourth-order valence-corrected chi connectivity index (χ4v) is 18.8. The lowest BCUT2D eigenvalue weighted by atomic mass is 9.78. The number of rotatable bonds is 29. The maximum absolute atomic E-state index is 15.2. The predicted octanol–water partition coefficient (Wildman–Crippen LogP) is 12.9. The number of hydrogen-bond acceptors (Lipinski definition) is 17. The van der Waals surface area contributed by atoms with Crippen molar-refractivity contribution < 1.29 is 72.3 Å². The van der Waals surface area contributed by atoms with E-state index in [9.17, 15) is 67.9 Å². The number of alkyl halides is 5. The van der Waals surface area contributed by atoms with Crippen LogP contribution >= 0.6 is 34.7 Å². The molecule has 20 nitrogen and oxygen atoms in total. The first-order chi connectivity index (χ1) is 51.6. The van der Waals surface area contributed by atoms with Crippen LogP contribution in [0.3, 0.4) is 0 Å². The van der Waals surface area contributed by atoms with E-state index in [2.05, 4.69) is 30.7 Å². The minimum atomic E-state index is -6.22. The maximum atomic E-state index is 15.2. The largest absolute Gasteiger partial charge is 0.501 e. The zero-order valence-corrected chi connectivity index (χ0v) is 65.5. The lowest BCUT2D eigenvalue weighted by Gasteiger charge is -2.38. The van der Waals surface area contributed by atoms with Crippen molar-refractivity contribution in [3.05, 3.63) is 160 Å². The summed E-state index contributed by atoms with van der Waals surface area (Å²) < 4.78 is 145. The summed E-state index contributed by atoms with van der Waals surface area (Å²) in [5.41, 5.74) is -1.27. The highest BCUT2D eigenvalue weighted by molar-refractivity contribution is 7.99. The number of anilines is 2. The molecule has 6 aromatic rings. The monoisotopic (exact) mass is 1610 g/mol. The minimum absolute atomic E-state index is 0.0437. The Kier molecular flexibility index (Phi) is 26.1. The number of allylic oxidation sites excluding steroid dienone is 1. The number of sulfone groups is 1. The van der Waals surface area contributed by atoms with Crippen LogP contribution in [0, 0.1) is 23.6 Å². The third kappa shape index (κ3) is 20.2. The number of aliphatic hydroxyl groups excluding tert-OH is 1. The van der Waals surface area contributed by atoms with E-state index in [4.69, 9.17) is 11.6 Å². The van der Waals surface area contributed by atoms with Crippen LogP contribution in [0.1, 0.15) is 138 Å². The second kappa shape index (κ2) is 34.6. The number of piperazine rings is 2. The van der Waals surface area contributed by atoms with Gasteiger partial charge < -0.3 is 35.8 Å². The van der Waals surface area contributed by atoms with Gasteiger partial charge in [0.2, 0.25) is 23.6 Å². The van der Waals surface area contributed by atoms with Crippen LogP contribution in [-0.4, -0.2) is 189 Å². The average Bonchev–Trinajstić information content (AvgIpc) is 1.55.